The lowest BCUT2D eigenvalue weighted by molar-refractivity contribution is 0.0938. The molecule has 0 spiro atoms. The fourth-order valence-electron chi connectivity index (χ4n) is 2.79. The Balaban J connectivity index is 2.38. The minimum Gasteiger partial charge on any atom is -0.507 e. The topological polar surface area (TPSA) is 46.5 Å². The number of hydrogen-bond donors (Lipinski definition) is 1. The number of aromatic hydroxyl groups is 1. The van der Waals surface area contributed by atoms with Crippen LogP contribution in [-0.4, -0.2) is 10.9 Å². The number of ether oxygens (including phenoxy) is 1. The Labute approximate surface area is 122 Å². The van der Waals surface area contributed by atoms with Crippen molar-refractivity contribution in [3.05, 3.63) is 47.3 Å². The standard InChI is InChI=1S/C17H15FO3/c1-9(19)15-14(20)7-6-12-11-5-4-10(18)8-13(11)17(2,3)21-16(12)15/h4-8,20H,1-3H3. The Morgan fingerprint density at radius 3 is 2.52 bits per heavy atom. The van der Waals surface area contributed by atoms with Gasteiger partial charge in [-0.05, 0) is 50.6 Å². The zero-order valence-electron chi connectivity index (χ0n) is 12.0. The van der Waals surface area contributed by atoms with Gasteiger partial charge in [0.25, 0.3) is 0 Å². The van der Waals surface area contributed by atoms with E-state index in [4.69, 9.17) is 4.74 Å². The maximum absolute atomic E-state index is 13.5. The molecule has 0 bridgehead atoms. The lowest BCUT2D eigenvalue weighted by Gasteiger charge is -2.35. The molecule has 1 N–H and O–H groups in total. The number of rotatable bonds is 1. The molecule has 3 nitrogen and oxygen atoms in total. The summed E-state index contributed by atoms with van der Waals surface area (Å²) in [5, 5.41) is 9.94. The maximum atomic E-state index is 13.5. The molecule has 0 aromatic heterocycles. The van der Waals surface area contributed by atoms with E-state index in [2.05, 4.69) is 0 Å². The fourth-order valence-corrected chi connectivity index (χ4v) is 2.79. The lowest BCUT2D eigenvalue weighted by atomic mass is 9.85. The van der Waals surface area contributed by atoms with E-state index in [1.54, 1.807) is 12.1 Å². The minimum absolute atomic E-state index is 0.109. The molecule has 21 heavy (non-hydrogen) atoms. The number of phenolic OH excluding ortho intramolecular Hbond substituents is 1. The van der Waals surface area contributed by atoms with Crippen LogP contribution in [0.15, 0.2) is 30.3 Å². The summed E-state index contributed by atoms with van der Waals surface area (Å²) < 4.78 is 19.5. The normalized spacial score (nSPS) is 14.9. The first kappa shape index (κ1) is 13.6. The van der Waals surface area contributed by atoms with Crippen LogP contribution in [0.3, 0.4) is 0 Å². The van der Waals surface area contributed by atoms with Gasteiger partial charge in [0.15, 0.2) is 5.78 Å². The summed E-state index contributed by atoms with van der Waals surface area (Å²) in [7, 11) is 0. The van der Waals surface area contributed by atoms with Crippen LogP contribution >= 0.6 is 0 Å². The lowest BCUT2D eigenvalue weighted by Crippen LogP contribution is -2.30. The van der Waals surface area contributed by atoms with Crippen molar-refractivity contribution in [2.24, 2.45) is 0 Å². The number of phenols is 1. The molecule has 0 saturated heterocycles. The van der Waals surface area contributed by atoms with E-state index in [0.717, 1.165) is 11.1 Å². The first-order valence-electron chi connectivity index (χ1n) is 6.67. The van der Waals surface area contributed by atoms with Gasteiger partial charge in [-0.15, -0.1) is 0 Å². The summed E-state index contributed by atoms with van der Waals surface area (Å²) >= 11 is 0. The summed E-state index contributed by atoms with van der Waals surface area (Å²) in [4.78, 5) is 11.8. The highest BCUT2D eigenvalue weighted by Gasteiger charge is 2.35. The second-order valence-electron chi connectivity index (χ2n) is 5.69. The molecule has 4 heteroatoms. The second-order valence-corrected chi connectivity index (χ2v) is 5.69. The Morgan fingerprint density at radius 1 is 1.19 bits per heavy atom. The third-order valence-electron chi connectivity index (χ3n) is 3.77. The van der Waals surface area contributed by atoms with Crippen LogP contribution in [0.2, 0.25) is 0 Å². The Morgan fingerprint density at radius 2 is 1.86 bits per heavy atom. The van der Waals surface area contributed by atoms with Gasteiger partial charge in [-0.25, -0.2) is 4.39 Å². The van der Waals surface area contributed by atoms with E-state index in [1.807, 2.05) is 13.8 Å². The van der Waals surface area contributed by atoms with Gasteiger partial charge < -0.3 is 9.84 Å². The summed E-state index contributed by atoms with van der Waals surface area (Å²) in [6, 6.07) is 7.64. The third kappa shape index (κ3) is 1.98. The van der Waals surface area contributed by atoms with Crippen molar-refractivity contribution in [3.63, 3.8) is 0 Å². The molecule has 0 amide bonds. The molecule has 2 aromatic carbocycles. The molecule has 0 radical (unpaired) electrons. The molecular weight excluding hydrogens is 271 g/mol. The number of halogens is 1. The van der Waals surface area contributed by atoms with Gasteiger partial charge in [0.1, 0.15) is 28.5 Å². The van der Waals surface area contributed by atoms with Crippen molar-refractivity contribution in [1.29, 1.82) is 0 Å². The number of hydrogen-bond acceptors (Lipinski definition) is 3. The molecule has 3 rings (SSSR count). The molecular formula is C17H15FO3. The highest BCUT2D eigenvalue weighted by atomic mass is 19.1. The molecule has 0 fully saturated rings. The van der Waals surface area contributed by atoms with Crippen LogP contribution in [0.5, 0.6) is 11.5 Å². The number of benzene rings is 2. The van der Waals surface area contributed by atoms with Gasteiger partial charge in [-0.3, -0.25) is 4.79 Å². The van der Waals surface area contributed by atoms with E-state index in [9.17, 15) is 14.3 Å². The molecule has 2 aromatic rings. The largest absolute Gasteiger partial charge is 0.507 e. The van der Waals surface area contributed by atoms with Crippen molar-refractivity contribution in [1.82, 2.24) is 0 Å². The maximum Gasteiger partial charge on any atom is 0.167 e. The molecule has 1 aliphatic heterocycles. The number of carbonyl (C=O) groups excluding carboxylic acids is 1. The number of carbonyl (C=O) groups is 1. The van der Waals surface area contributed by atoms with Crippen molar-refractivity contribution < 1.29 is 19.0 Å². The SMILES string of the molecule is CC(=O)c1c(O)ccc2c1OC(C)(C)c1cc(F)ccc1-2. The predicted molar refractivity (Wildman–Crippen MR) is 77.2 cm³/mol. The molecule has 1 heterocycles. The second kappa shape index (κ2) is 4.32. The zero-order valence-corrected chi connectivity index (χ0v) is 12.0. The average molecular weight is 286 g/mol. The quantitative estimate of drug-likeness (QED) is 0.805. The summed E-state index contributed by atoms with van der Waals surface area (Å²) in [6.07, 6.45) is 0. The molecule has 0 atom stereocenters. The van der Waals surface area contributed by atoms with Crippen LogP contribution < -0.4 is 4.74 Å². The first-order valence-corrected chi connectivity index (χ1v) is 6.67. The average Bonchev–Trinajstić information content (AvgIpc) is 2.38. The highest BCUT2D eigenvalue weighted by Crippen LogP contribution is 2.48. The van der Waals surface area contributed by atoms with Gasteiger partial charge in [-0.2, -0.15) is 0 Å². The fraction of sp³-hybridized carbons (Fsp3) is 0.235. The molecule has 0 saturated carbocycles. The minimum atomic E-state index is -0.789. The van der Waals surface area contributed by atoms with Crippen LogP contribution in [0.25, 0.3) is 11.1 Å². The van der Waals surface area contributed by atoms with Gasteiger partial charge in [0.05, 0.1) is 0 Å². The van der Waals surface area contributed by atoms with Crippen molar-refractivity contribution in [2.75, 3.05) is 0 Å². The van der Waals surface area contributed by atoms with Crippen LogP contribution in [-0.2, 0) is 5.60 Å². The van der Waals surface area contributed by atoms with E-state index in [0.29, 0.717) is 11.3 Å². The van der Waals surface area contributed by atoms with Crippen LogP contribution in [0.4, 0.5) is 4.39 Å². The van der Waals surface area contributed by atoms with E-state index < -0.39 is 5.60 Å². The van der Waals surface area contributed by atoms with E-state index in [-0.39, 0.29) is 22.9 Å². The highest BCUT2D eigenvalue weighted by molar-refractivity contribution is 6.02. The first-order chi connectivity index (χ1) is 9.81. The van der Waals surface area contributed by atoms with Crippen molar-refractivity contribution in [2.45, 2.75) is 26.4 Å². The van der Waals surface area contributed by atoms with Gasteiger partial charge in [-0.1, -0.05) is 6.07 Å². The van der Waals surface area contributed by atoms with Crippen molar-refractivity contribution >= 4 is 5.78 Å². The Hall–Kier alpha value is -2.36. The van der Waals surface area contributed by atoms with Crippen LogP contribution in [0, 0.1) is 5.82 Å². The number of Topliss-reactive ketones (excluding diaryl/α,β-unsaturated/α-hetero) is 1. The van der Waals surface area contributed by atoms with E-state index in [1.165, 1.54) is 25.1 Å². The molecule has 1 aliphatic rings. The summed E-state index contributed by atoms with van der Waals surface area (Å²) in [5.74, 6) is -0.362. The molecule has 0 unspecified atom stereocenters. The monoisotopic (exact) mass is 286 g/mol. The third-order valence-corrected chi connectivity index (χ3v) is 3.77. The predicted octanol–water partition coefficient (Wildman–Crippen LogP) is 4.03. The van der Waals surface area contributed by atoms with Gasteiger partial charge >= 0.3 is 0 Å². The zero-order chi connectivity index (χ0) is 15.4. The number of ketones is 1. The molecule has 0 aliphatic carbocycles. The number of fused-ring (bicyclic) bond motifs is 3. The van der Waals surface area contributed by atoms with Gasteiger partial charge in [0.2, 0.25) is 0 Å². The summed E-state index contributed by atoms with van der Waals surface area (Å²) in [6.45, 7) is 5.00. The van der Waals surface area contributed by atoms with E-state index >= 15 is 0 Å². The Bertz CT molecular complexity index is 763. The Kier molecular flexibility index (Phi) is 2.80. The smallest absolute Gasteiger partial charge is 0.167 e. The van der Waals surface area contributed by atoms with Crippen LogP contribution in [0.1, 0.15) is 36.7 Å². The molecule has 108 valence electrons. The van der Waals surface area contributed by atoms with Gasteiger partial charge in [0, 0.05) is 11.1 Å². The summed E-state index contributed by atoms with van der Waals surface area (Å²) in [5.41, 5.74) is 1.59. The van der Waals surface area contributed by atoms with Crippen molar-refractivity contribution in [3.8, 4) is 22.6 Å².